The standard InChI is InChI=1S/C10H17NOS/c1-3-10(7-12-2)11-6-9-4-5-13-8-9/h4-5,8,10-11H,3,6-7H2,1-2H3. The van der Waals surface area contributed by atoms with Crippen LogP contribution < -0.4 is 5.32 Å². The molecule has 0 aliphatic carbocycles. The monoisotopic (exact) mass is 199 g/mol. The van der Waals surface area contributed by atoms with Crippen LogP contribution in [-0.4, -0.2) is 19.8 Å². The van der Waals surface area contributed by atoms with E-state index in [-0.39, 0.29) is 0 Å². The minimum Gasteiger partial charge on any atom is -0.383 e. The summed E-state index contributed by atoms with van der Waals surface area (Å²) in [7, 11) is 1.74. The van der Waals surface area contributed by atoms with E-state index in [1.54, 1.807) is 18.4 Å². The molecule has 0 aromatic carbocycles. The van der Waals surface area contributed by atoms with Gasteiger partial charge in [0.2, 0.25) is 0 Å². The molecule has 0 aliphatic rings. The van der Waals surface area contributed by atoms with Crippen LogP contribution >= 0.6 is 11.3 Å². The quantitative estimate of drug-likeness (QED) is 0.759. The SMILES string of the molecule is CCC(COC)NCc1ccsc1. The predicted molar refractivity (Wildman–Crippen MR) is 57.1 cm³/mol. The molecule has 13 heavy (non-hydrogen) atoms. The van der Waals surface area contributed by atoms with E-state index in [1.165, 1.54) is 5.56 Å². The van der Waals surface area contributed by atoms with Crippen LogP contribution in [0.2, 0.25) is 0 Å². The van der Waals surface area contributed by atoms with Gasteiger partial charge < -0.3 is 10.1 Å². The van der Waals surface area contributed by atoms with E-state index in [0.29, 0.717) is 6.04 Å². The number of thiophene rings is 1. The molecule has 1 atom stereocenters. The van der Waals surface area contributed by atoms with E-state index in [4.69, 9.17) is 4.74 Å². The van der Waals surface area contributed by atoms with Gasteiger partial charge in [-0.2, -0.15) is 11.3 Å². The van der Waals surface area contributed by atoms with Crippen molar-refractivity contribution < 1.29 is 4.74 Å². The first-order valence-electron chi connectivity index (χ1n) is 4.60. The number of rotatable bonds is 6. The summed E-state index contributed by atoms with van der Waals surface area (Å²) in [6.45, 7) is 3.91. The second-order valence-electron chi connectivity index (χ2n) is 3.07. The summed E-state index contributed by atoms with van der Waals surface area (Å²) in [5.74, 6) is 0. The molecule has 2 nitrogen and oxygen atoms in total. The van der Waals surface area contributed by atoms with Crippen molar-refractivity contribution in [1.82, 2.24) is 5.32 Å². The maximum atomic E-state index is 5.10. The molecular formula is C10H17NOS. The highest BCUT2D eigenvalue weighted by Gasteiger charge is 2.04. The highest BCUT2D eigenvalue weighted by molar-refractivity contribution is 7.07. The summed E-state index contributed by atoms with van der Waals surface area (Å²) in [5, 5.41) is 7.73. The van der Waals surface area contributed by atoms with E-state index < -0.39 is 0 Å². The largest absolute Gasteiger partial charge is 0.383 e. The van der Waals surface area contributed by atoms with Crippen LogP contribution in [-0.2, 0) is 11.3 Å². The van der Waals surface area contributed by atoms with Gasteiger partial charge in [0, 0.05) is 19.7 Å². The minimum absolute atomic E-state index is 0.477. The van der Waals surface area contributed by atoms with Gasteiger partial charge in [0.15, 0.2) is 0 Å². The van der Waals surface area contributed by atoms with Crippen LogP contribution in [0, 0.1) is 0 Å². The maximum absolute atomic E-state index is 5.10. The molecule has 0 bridgehead atoms. The van der Waals surface area contributed by atoms with Crippen molar-refractivity contribution in [2.24, 2.45) is 0 Å². The van der Waals surface area contributed by atoms with Crippen LogP contribution in [0.5, 0.6) is 0 Å². The van der Waals surface area contributed by atoms with Crippen molar-refractivity contribution in [2.75, 3.05) is 13.7 Å². The Kier molecular flexibility index (Phi) is 5.05. The van der Waals surface area contributed by atoms with Gasteiger partial charge >= 0.3 is 0 Å². The lowest BCUT2D eigenvalue weighted by molar-refractivity contribution is 0.164. The van der Waals surface area contributed by atoms with Gasteiger partial charge in [-0.1, -0.05) is 6.92 Å². The van der Waals surface area contributed by atoms with Gasteiger partial charge in [0.05, 0.1) is 6.61 Å². The lowest BCUT2D eigenvalue weighted by Crippen LogP contribution is -2.31. The Labute approximate surface area is 83.9 Å². The van der Waals surface area contributed by atoms with E-state index in [1.807, 2.05) is 0 Å². The van der Waals surface area contributed by atoms with E-state index in [0.717, 1.165) is 19.6 Å². The van der Waals surface area contributed by atoms with Gasteiger partial charge in [-0.3, -0.25) is 0 Å². The Balaban J connectivity index is 2.23. The summed E-state index contributed by atoms with van der Waals surface area (Å²) >= 11 is 1.74. The molecular weight excluding hydrogens is 182 g/mol. The second-order valence-corrected chi connectivity index (χ2v) is 3.85. The van der Waals surface area contributed by atoms with Crippen LogP contribution in [0.25, 0.3) is 0 Å². The first-order valence-corrected chi connectivity index (χ1v) is 5.54. The molecule has 0 fully saturated rings. The Bertz CT molecular complexity index is 211. The molecule has 1 aromatic heterocycles. The third kappa shape index (κ3) is 3.89. The zero-order chi connectivity index (χ0) is 9.52. The van der Waals surface area contributed by atoms with Crippen molar-refractivity contribution in [3.63, 3.8) is 0 Å². The highest BCUT2D eigenvalue weighted by Crippen LogP contribution is 2.05. The molecule has 1 aromatic rings. The van der Waals surface area contributed by atoms with Crippen LogP contribution in [0.4, 0.5) is 0 Å². The van der Waals surface area contributed by atoms with Gasteiger partial charge in [0.25, 0.3) is 0 Å². The molecule has 1 rings (SSSR count). The predicted octanol–water partition coefficient (Wildman–Crippen LogP) is 2.26. The van der Waals surface area contributed by atoms with Crippen molar-refractivity contribution in [3.8, 4) is 0 Å². The Morgan fingerprint density at radius 3 is 3.00 bits per heavy atom. The number of nitrogens with one attached hydrogen (secondary N) is 1. The van der Waals surface area contributed by atoms with Gasteiger partial charge in [0.1, 0.15) is 0 Å². The van der Waals surface area contributed by atoms with Gasteiger partial charge in [-0.25, -0.2) is 0 Å². The molecule has 0 radical (unpaired) electrons. The van der Waals surface area contributed by atoms with Crippen LogP contribution in [0.15, 0.2) is 16.8 Å². The van der Waals surface area contributed by atoms with E-state index in [2.05, 4.69) is 29.1 Å². The third-order valence-corrected chi connectivity index (χ3v) is 2.77. The van der Waals surface area contributed by atoms with Crippen molar-refractivity contribution in [1.29, 1.82) is 0 Å². The minimum atomic E-state index is 0.477. The maximum Gasteiger partial charge on any atom is 0.0615 e. The molecule has 1 heterocycles. The van der Waals surface area contributed by atoms with Crippen LogP contribution in [0.3, 0.4) is 0 Å². The number of methoxy groups -OCH3 is 1. The molecule has 1 N–H and O–H groups in total. The first-order chi connectivity index (χ1) is 6.36. The van der Waals surface area contributed by atoms with E-state index >= 15 is 0 Å². The molecule has 0 amide bonds. The molecule has 0 aliphatic heterocycles. The number of hydrogen-bond acceptors (Lipinski definition) is 3. The number of hydrogen-bond donors (Lipinski definition) is 1. The average Bonchev–Trinajstić information content (AvgIpc) is 2.64. The van der Waals surface area contributed by atoms with Gasteiger partial charge in [-0.15, -0.1) is 0 Å². The molecule has 0 saturated heterocycles. The smallest absolute Gasteiger partial charge is 0.0615 e. The zero-order valence-electron chi connectivity index (χ0n) is 8.25. The second kappa shape index (κ2) is 6.13. The van der Waals surface area contributed by atoms with E-state index in [9.17, 15) is 0 Å². The van der Waals surface area contributed by atoms with Crippen molar-refractivity contribution in [3.05, 3.63) is 22.4 Å². The molecule has 74 valence electrons. The lowest BCUT2D eigenvalue weighted by atomic mass is 10.2. The summed E-state index contributed by atoms with van der Waals surface area (Å²) in [4.78, 5) is 0. The summed E-state index contributed by atoms with van der Waals surface area (Å²) in [6.07, 6.45) is 1.11. The summed E-state index contributed by atoms with van der Waals surface area (Å²) < 4.78 is 5.10. The third-order valence-electron chi connectivity index (χ3n) is 2.04. The molecule has 3 heteroatoms. The van der Waals surface area contributed by atoms with Gasteiger partial charge in [-0.05, 0) is 28.8 Å². The Hall–Kier alpha value is -0.380. The normalized spacial score (nSPS) is 13.1. The Morgan fingerprint density at radius 1 is 1.62 bits per heavy atom. The highest BCUT2D eigenvalue weighted by atomic mass is 32.1. The average molecular weight is 199 g/mol. The molecule has 0 spiro atoms. The fourth-order valence-electron chi connectivity index (χ4n) is 1.18. The summed E-state index contributed by atoms with van der Waals surface area (Å²) in [5.41, 5.74) is 1.36. The molecule has 1 unspecified atom stereocenters. The summed E-state index contributed by atoms with van der Waals surface area (Å²) in [6, 6.07) is 2.63. The topological polar surface area (TPSA) is 21.3 Å². The lowest BCUT2D eigenvalue weighted by Gasteiger charge is -2.14. The molecule has 0 saturated carbocycles. The van der Waals surface area contributed by atoms with Crippen molar-refractivity contribution in [2.45, 2.75) is 25.9 Å². The fourth-order valence-corrected chi connectivity index (χ4v) is 1.85. The zero-order valence-corrected chi connectivity index (χ0v) is 9.06. The Morgan fingerprint density at radius 2 is 2.46 bits per heavy atom. The number of ether oxygens (including phenoxy) is 1. The fraction of sp³-hybridized carbons (Fsp3) is 0.600. The van der Waals surface area contributed by atoms with Crippen LogP contribution in [0.1, 0.15) is 18.9 Å². The first kappa shape index (κ1) is 10.7. The van der Waals surface area contributed by atoms with Crippen molar-refractivity contribution >= 4 is 11.3 Å².